The first-order chi connectivity index (χ1) is 15.3. The van der Waals surface area contributed by atoms with E-state index in [4.69, 9.17) is 17.3 Å². The number of aryl methyl sites for hydroxylation is 1. The summed E-state index contributed by atoms with van der Waals surface area (Å²) in [5, 5.41) is 7.48. The number of rotatable bonds is 5. The van der Waals surface area contributed by atoms with Crippen LogP contribution in [0.5, 0.6) is 0 Å². The standard InChI is InChI=1S/C23H23ClFN5O2/c1-13-7-18(19(25)12-27-13)20-11-21(29-28-20)23(32)30-6-5-15(22(26)31)10-17(30)9-14-3-2-4-16(24)8-14/h2-4,7-8,11-12,15,17H,5-6,9-10H2,1H3,(H2,26,31)(H,28,29). The number of amides is 2. The van der Waals surface area contributed by atoms with Crippen LogP contribution in [0.15, 0.2) is 42.6 Å². The molecule has 1 saturated heterocycles. The Bertz CT molecular complexity index is 1160. The van der Waals surface area contributed by atoms with Gasteiger partial charge in [-0.3, -0.25) is 19.7 Å². The average Bonchev–Trinajstić information content (AvgIpc) is 3.25. The molecule has 0 bridgehead atoms. The number of carbonyl (C=O) groups excluding carboxylic acids is 2. The summed E-state index contributed by atoms with van der Waals surface area (Å²) in [6.07, 6.45) is 2.63. The predicted octanol–water partition coefficient (Wildman–Crippen LogP) is 3.52. The maximum Gasteiger partial charge on any atom is 0.272 e. The van der Waals surface area contributed by atoms with E-state index in [-0.39, 0.29) is 35.0 Å². The van der Waals surface area contributed by atoms with E-state index >= 15 is 0 Å². The maximum atomic E-state index is 14.2. The highest BCUT2D eigenvalue weighted by Crippen LogP contribution is 2.28. The van der Waals surface area contributed by atoms with Crippen LogP contribution in [0.3, 0.4) is 0 Å². The van der Waals surface area contributed by atoms with Crippen LogP contribution in [0.4, 0.5) is 4.39 Å². The highest BCUT2D eigenvalue weighted by Gasteiger charge is 2.35. The lowest BCUT2D eigenvalue weighted by atomic mass is 9.87. The van der Waals surface area contributed by atoms with Crippen LogP contribution >= 0.6 is 11.6 Å². The van der Waals surface area contributed by atoms with E-state index in [1.165, 1.54) is 6.07 Å². The van der Waals surface area contributed by atoms with Gasteiger partial charge in [-0.2, -0.15) is 5.10 Å². The minimum absolute atomic E-state index is 0.237. The van der Waals surface area contributed by atoms with Gasteiger partial charge in [-0.15, -0.1) is 0 Å². The number of aromatic nitrogens is 3. The van der Waals surface area contributed by atoms with Gasteiger partial charge in [0.1, 0.15) is 5.69 Å². The number of nitrogens with one attached hydrogen (secondary N) is 1. The Balaban J connectivity index is 1.60. The molecule has 0 radical (unpaired) electrons. The van der Waals surface area contributed by atoms with E-state index < -0.39 is 5.82 Å². The number of pyridine rings is 1. The van der Waals surface area contributed by atoms with Crippen molar-refractivity contribution >= 4 is 23.4 Å². The molecule has 32 heavy (non-hydrogen) atoms. The Morgan fingerprint density at radius 1 is 1.31 bits per heavy atom. The van der Waals surface area contributed by atoms with E-state index in [9.17, 15) is 14.0 Å². The third-order valence-electron chi connectivity index (χ3n) is 5.82. The van der Waals surface area contributed by atoms with Gasteiger partial charge in [0.2, 0.25) is 5.91 Å². The molecule has 2 atom stereocenters. The van der Waals surface area contributed by atoms with Crippen molar-refractivity contribution in [3.63, 3.8) is 0 Å². The van der Waals surface area contributed by atoms with E-state index in [0.29, 0.717) is 42.2 Å². The van der Waals surface area contributed by atoms with Gasteiger partial charge in [0.15, 0.2) is 5.82 Å². The van der Waals surface area contributed by atoms with Crippen LogP contribution in [0.25, 0.3) is 11.3 Å². The molecule has 3 aromatic rings. The van der Waals surface area contributed by atoms with Gasteiger partial charge >= 0.3 is 0 Å². The van der Waals surface area contributed by atoms with Gasteiger partial charge in [0.25, 0.3) is 5.91 Å². The SMILES string of the molecule is Cc1cc(-c2cc(C(=O)N3CCC(C(N)=O)CC3Cc3cccc(Cl)c3)[nH]n2)c(F)cn1. The molecule has 9 heteroatoms. The van der Waals surface area contributed by atoms with Crippen LogP contribution in [-0.4, -0.2) is 44.5 Å². The van der Waals surface area contributed by atoms with Gasteiger partial charge < -0.3 is 10.6 Å². The molecule has 1 fully saturated rings. The zero-order valence-corrected chi connectivity index (χ0v) is 18.3. The Hall–Kier alpha value is -3.26. The van der Waals surface area contributed by atoms with Crippen LogP contribution in [0, 0.1) is 18.7 Å². The highest BCUT2D eigenvalue weighted by molar-refractivity contribution is 6.30. The Kier molecular flexibility index (Phi) is 6.23. The number of nitrogens with zero attached hydrogens (tertiary/aromatic N) is 3. The molecule has 0 aliphatic carbocycles. The highest BCUT2D eigenvalue weighted by atomic mass is 35.5. The maximum absolute atomic E-state index is 14.2. The molecule has 166 valence electrons. The fraction of sp³-hybridized carbons (Fsp3) is 0.304. The third-order valence-corrected chi connectivity index (χ3v) is 6.05. The zero-order chi connectivity index (χ0) is 22.8. The van der Waals surface area contributed by atoms with Crippen molar-refractivity contribution in [2.75, 3.05) is 6.54 Å². The molecule has 2 aromatic heterocycles. The number of primary amides is 1. The molecule has 1 aromatic carbocycles. The molecule has 3 N–H and O–H groups in total. The molecule has 7 nitrogen and oxygen atoms in total. The summed E-state index contributed by atoms with van der Waals surface area (Å²) in [7, 11) is 0. The average molecular weight is 456 g/mol. The summed E-state index contributed by atoms with van der Waals surface area (Å²) in [6.45, 7) is 2.14. The second kappa shape index (κ2) is 9.08. The number of carbonyl (C=O) groups is 2. The first-order valence-electron chi connectivity index (χ1n) is 10.3. The first-order valence-corrected chi connectivity index (χ1v) is 10.7. The predicted molar refractivity (Wildman–Crippen MR) is 118 cm³/mol. The first kappa shape index (κ1) is 22.0. The Morgan fingerprint density at radius 3 is 2.88 bits per heavy atom. The lowest BCUT2D eigenvalue weighted by molar-refractivity contribution is -0.123. The zero-order valence-electron chi connectivity index (χ0n) is 17.5. The number of halogens is 2. The number of aromatic amines is 1. The van der Waals surface area contributed by atoms with Crippen molar-refractivity contribution in [2.24, 2.45) is 11.7 Å². The fourth-order valence-electron chi connectivity index (χ4n) is 4.17. The van der Waals surface area contributed by atoms with E-state index in [2.05, 4.69) is 15.2 Å². The van der Waals surface area contributed by atoms with Gasteiger partial charge in [-0.1, -0.05) is 23.7 Å². The minimum Gasteiger partial charge on any atom is -0.369 e. The normalized spacial score (nSPS) is 18.5. The van der Waals surface area contributed by atoms with E-state index in [1.807, 2.05) is 18.2 Å². The van der Waals surface area contributed by atoms with Crippen LogP contribution in [0.2, 0.25) is 5.02 Å². The fourth-order valence-corrected chi connectivity index (χ4v) is 4.38. The Morgan fingerprint density at radius 2 is 2.12 bits per heavy atom. The summed E-state index contributed by atoms with van der Waals surface area (Å²) in [6, 6.07) is 10.3. The quantitative estimate of drug-likeness (QED) is 0.614. The van der Waals surface area contributed by atoms with Crippen molar-refractivity contribution < 1.29 is 14.0 Å². The summed E-state index contributed by atoms with van der Waals surface area (Å²) in [5.41, 5.74) is 8.02. The number of likely N-dealkylation sites (tertiary alicyclic amines) is 1. The molecule has 2 unspecified atom stereocenters. The molecule has 3 heterocycles. The molecule has 0 spiro atoms. The van der Waals surface area contributed by atoms with Crippen LogP contribution in [0.1, 0.15) is 34.6 Å². The molecular formula is C23H23ClFN5O2. The summed E-state index contributed by atoms with van der Waals surface area (Å²) >= 11 is 6.12. The van der Waals surface area contributed by atoms with Crippen molar-refractivity contribution in [1.82, 2.24) is 20.1 Å². The third kappa shape index (κ3) is 4.65. The monoisotopic (exact) mass is 455 g/mol. The van der Waals surface area contributed by atoms with Gasteiger partial charge in [0.05, 0.1) is 11.9 Å². The smallest absolute Gasteiger partial charge is 0.272 e. The minimum atomic E-state index is -0.512. The van der Waals surface area contributed by atoms with Crippen LogP contribution < -0.4 is 5.73 Å². The topological polar surface area (TPSA) is 105 Å². The summed E-state index contributed by atoms with van der Waals surface area (Å²) < 4.78 is 14.2. The number of benzene rings is 1. The second-order valence-electron chi connectivity index (χ2n) is 8.08. The summed E-state index contributed by atoms with van der Waals surface area (Å²) in [5.74, 6) is -1.43. The van der Waals surface area contributed by atoms with Crippen molar-refractivity contribution in [2.45, 2.75) is 32.2 Å². The van der Waals surface area contributed by atoms with E-state index in [1.54, 1.807) is 24.0 Å². The van der Waals surface area contributed by atoms with Gasteiger partial charge in [0, 0.05) is 34.8 Å². The second-order valence-corrected chi connectivity index (χ2v) is 8.52. The molecule has 4 rings (SSSR count). The van der Waals surface area contributed by atoms with E-state index in [0.717, 1.165) is 11.8 Å². The van der Waals surface area contributed by atoms with Crippen molar-refractivity contribution in [1.29, 1.82) is 0 Å². The van der Waals surface area contributed by atoms with Crippen molar-refractivity contribution in [3.8, 4) is 11.3 Å². The lowest BCUT2D eigenvalue weighted by Gasteiger charge is -2.38. The number of nitrogens with two attached hydrogens (primary N) is 1. The lowest BCUT2D eigenvalue weighted by Crippen LogP contribution is -2.49. The van der Waals surface area contributed by atoms with Gasteiger partial charge in [-0.05, 0) is 56.0 Å². The molecule has 2 amide bonds. The van der Waals surface area contributed by atoms with Crippen LogP contribution in [-0.2, 0) is 11.2 Å². The molecule has 1 aliphatic rings. The number of hydrogen-bond donors (Lipinski definition) is 2. The summed E-state index contributed by atoms with van der Waals surface area (Å²) in [4.78, 5) is 30.8. The largest absolute Gasteiger partial charge is 0.369 e. The number of H-pyrrole nitrogens is 1. The van der Waals surface area contributed by atoms with Crippen molar-refractivity contribution in [3.05, 3.63) is 70.4 Å². The number of piperidine rings is 1. The molecular weight excluding hydrogens is 433 g/mol. The van der Waals surface area contributed by atoms with Gasteiger partial charge in [-0.25, -0.2) is 4.39 Å². The molecule has 1 aliphatic heterocycles. The Labute approximate surface area is 189 Å². The molecule has 0 saturated carbocycles. The number of hydrogen-bond acceptors (Lipinski definition) is 4.